The zero-order valence-corrected chi connectivity index (χ0v) is 18.1. The van der Waals surface area contributed by atoms with E-state index >= 15 is 0 Å². The van der Waals surface area contributed by atoms with Crippen molar-refractivity contribution in [1.82, 2.24) is 15.5 Å². The smallest absolute Gasteiger partial charge is 0.223 e. The van der Waals surface area contributed by atoms with Crippen LogP contribution in [0, 0.1) is 5.92 Å². The highest BCUT2D eigenvalue weighted by atomic mass is 16.2. The van der Waals surface area contributed by atoms with Gasteiger partial charge in [0, 0.05) is 45.6 Å². The summed E-state index contributed by atoms with van der Waals surface area (Å²) >= 11 is 0. The van der Waals surface area contributed by atoms with Crippen LogP contribution in [0.1, 0.15) is 17.5 Å². The number of carbonyl (C=O) groups is 1. The van der Waals surface area contributed by atoms with Gasteiger partial charge in [-0.1, -0.05) is 66.7 Å². The van der Waals surface area contributed by atoms with Crippen LogP contribution >= 0.6 is 0 Å². The minimum atomic E-state index is 0.252. The Bertz CT molecular complexity index is 1050. The van der Waals surface area contributed by atoms with Crippen molar-refractivity contribution in [2.75, 3.05) is 26.7 Å². The van der Waals surface area contributed by atoms with Gasteiger partial charge in [-0.2, -0.15) is 0 Å². The Balaban J connectivity index is 1.23. The number of rotatable bonds is 7. The van der Waals surface area contributed by atoms with E-state index in [9.17, 15) is 4.79 Å². The Morgan fingerprint density at radius 3 is 2.55 bits per heavy atom. The summed E-state index contributed by atoms with van der Waals surface area (Å²) in [7, 11) is 1.78. The lowest BCUT2D eigenvalue weighted by Crippen LogP contribution is -2.40. The number of guanidine groups is 1. The lowest BCUT2D eigenvalue weighted by atomic mass is 10.1. The van der Waals surface area contributed by atoms with Crippen LogP contribution in [-0.2, 0) is 17.8 Å². The highest BCUT2D eigenvalue weighted by molar-refractivity contribution is 5.83. The second-order valence-electron chi connectivity index (χ2n) is 8.13. The molecule has 0 radical (unpaired) electrons. The van der Waals surface area contributed by atoms with E-state index in [4.69, 9.17) is 0 Å². The molecule has 1 amide bonds. The van der Waals surface area contributed by atoms with Crippen molar-refractivity contribution < 1.29 is 4.79 Å². The molecule has 5 nitrogen and oxygen atoms in total. The molecule has 3 aromatic carbocycles. The number of nitrogens with one attached hydrogen (secondary N) is 2. The van der Waals surface area contributed by atoms with Crippen LogP contribution < -0.4 is 10.6 Å². The SMILES string of the molecule is CN=C(NCc1ccc2ccccc2c1)NCC1CC(=O)N(CCc2ccccc2)C1. The Morgan fingerprint density at radius 1 is 0.968 bits per heavy atom. The molecule has 1 aliphatic rings. The standard InChI is InChI=1S/C26H30N4O/c1-27-26(28-17-21-11-12-23-9-5-6-10-24(23)15-21)29-18-22-16-25(31)30(19-22)14-13-20-7-3-2-4-8-20/h2-12,15,22H,13-14,16-19H2,1H3,(H2,27,28,29). The fourth-order valence-corrected chi connectivity index (χ4v) is 4.11. The highest BCUT2D eigenvalue weighted by Gasteiger charge is 2.29. The zero-order valence-electron chi connectivity index (χ0n) is 18.1. The summed E-state index contributed by atoms with van der Waals surface area (Å²) in [6.45, 7) is 3.04. The molecule has 160 valence electrons. The predicted octanol–water partition coefficient (Wildman–Crippen LogP) is 3.60. The molecular weight excluding hydrogens is 384 g/mol. The second kappa shape index (κ2) is 10.1. The molecule has 1 unspecified atom stereocenters. The molecule has 1 heterocycles. The largest absolute Gasteiger partial charge is 0.356 e. The monoisotopic (exact) mass is 414 g/mol. The first-order valence-electron chi connectivity index (χ1n) is 10.9. The third-order valence-electron chi connectivity index (χ3n) is 5.86. The summed E-state index contributed by atoms with van der Waals surface area (Å²) < 4.78 is 0. The Morgan fingerprint density at radius 2 is 1.74 bits per heavy atom. The summed E-state index contributed by atoms with van der Waals surface area (Å²) in [5.74, 6) is 1.33. The molecule has 0 bridgehead atoms. The van der Waals surface area contributed by atoms with Crippen LogP contribution in [-0.4, -0.2) is 43.4 Å². The summed E-state index contributed by atoms with van der Waals surface area (Å²) in [6.07, 6.45) is 1.51. The molecule has 1 saturated heterocycles. The van der Waals surface area contributed by atoms with E-state index in [1.807, 2.05) is 23.1 Å². The normalized spacial score (nSPS) is 16.7. The van der Waals surface area contributed by atoms with Crippen LogP contribution in [0.25, 0.3) is 10.8 Å². The maximum absolute atomic E-state index is 12.4. The van der Waals surface area contributed by atoms with Gasteiger partial charge in [-0.25, -0.2) is 0 Å². The van der Waals surface area contributed by atoms with Crippen molar-refractivity contribution in [3.05, 3.63) is 83.9 Å². The zero-order chi connectivity index (χ0) is 21.5. The van der Waals surface area contributed by atoms with Gasteiger partial charge in [-0.15, -0.1) is 0 Å². The summed E-state index contributed by atoms with van der Waals surface area (Å²) in [4.78, 5) is 18.7. The van der Waals surface area contributed by atoms with E-state index < -0.39 is 0 Å². The molecular formula is C26H30N4O. The van der Waals surface area contributed by atoms with Gasteiger partial charge in [-0.3, -0.25) is 9.79 Å². The van der Waals surface area contributed by atoms with E-state index in [0.29, 0.717) is 18.9 Å². The minimum absolute atomic E-state index is 0.252. The van der Waals surface area contributed by atoms with Crippen LogP contribution in [0.15, 0.2) is 77.8 Å². The van der Waals surface area contributed by atoms with Crippen molar-refractivity contribution in [2.45, 2.75) is 19.4 Å². The van der Waals surface area contributed by atoms with Gasteiger partial charge in [0.1, 0.15) is 0 Å². The first kappa shape index (κ1) is 20.9. The molecule has 31 heavy (non-hydrogen) atoms. The van der Waals surface area contributed by atoms with E-state index in [0.717, 1.165) is 32.0 Å². The van der Waals surface area contributed by atoms with E-state index in [2.05, 4.69) is 70.2 Å². The number of hydrogen-bond donors (Lipinski definition) is 2. The van der Waals surface area contributed by atoms with E-state index in [1.54, 1.807) is 7.05 Å². The van der Waals surface area contributed by atoms with Crippen LogP contribution in [0.4, 0.5) is 0 Å². The summed E-state index contributed by atoms with van der Waals surface area (Å²) in [6, 6.07) is 25.2. The Labute approximate surface area is 184 Å². The quantitative estimate of drug-likeness (QED) is 0.459. The van der Waals surface area contributed by atoms with E-state index in [1.165, 1.54) is 21.9 Å². The minimum Gasteiger partial charge on any atom is -0.356 e. The van der Waals surface area contributed by atoms with Crippen LogP contribution in [0.5, 0.6) is 0 Å². The number of amides is 1. The molecule has 1 fully saturated rings. The van der Waals surface area contributed by atoms with Crippen molar-refractivity contribution in [2.24, 2.45) is 10.9 Å². The number of hydrogen-bond acceptors (Lipinski definition) is 2. The molecule has 5 heteroatoms. The van der Waals surface area contributed by atoms with Crippen molar-refractivity contribution >= 4 is 22.6 Å². The van der Waals surface area contributed by atoms with Gasteiger partial charge in [0.05, 0.1) is 0 Å². The van der Waals surface area contributed by atoms with E-state index in [-0.39, 0.29) is 5.91 Å². The number of fused-ring (bicyclic) bond motifs is 1. The maximum atomic E-state index is 12.4. The molecule has 3 aromatic rings. The average Bonchev–Trinajstić information content (AvgIpc) is 3.17. The fraction of sp³-hybridized carbons (Fsp3) is 0.308. The van der Waals surface area contributed by atoms with Crippen molar-refractivity contribution in [3.8, 4) is 0 Å². The average molecular weight is 415 g/mol. The molecule has 2 N–H and O–H groups in total. The predicted molar refractivity (Wildman–Crippen MR) is 127 cm³/mol. The summed E-state index contributed by atoms with van der Waals surface area (Å²) in [5.41, 5.74) is 2.49. The molecule has 0 saturated carbocycles. The lowest BCUT2D eigenvalue weighted by molar-refractivity contribution is -0.127. The van der Waals surface area contributed by atoms with Gasteiger partial charge in [0.2, 0.25) is 5.91 Å². The third-order valence-corrected chi connectivity index (χ3v) is 5.86. The second-order valence-corrected chi connectivity index (χ2v) is 8.13. The first-order chi connectivity index (χ1) is 15.2. The maximum Gasteiger partial charge on any atom is 0.223 e. The van der Waals surface area contributed by atoms with Crippen LogP contribution in [0.3, 0.4) is 0 Å². The molecule has 0 aromatic heterocycles. The van der Waals surface area contributed by atoms with Crippen LogP contribution in [0.2, 0.25) is 0 Å². The molecule has 1 aliphatic heterocycles. The molecule has 0 aliphatic carbocycles. The van der Waals surface area contributed by atoms with Crippen molar-refractivity contribution in [3.63, 3.8) is 0 Å². The lowest BCUT2D eigenvalue weighted by Gasteiger charge is -2.18. The fourth-order valence-electron chi connectivity index (χ4n) is 4.11. The number of likely N-dealkylation sites (tertiary alicyclic amines) is 1. The topological polar surface area (TPSA) is 56.7 Å². The van der Waals surface area contributed by atoms with Gasteiger partial charge in [0.15, 0.2) is 5.96 Å². The van der Waals surface area contributed by atoms with Gasteiger partial charge >= 0.3 is 0 Å². The summed E-state index contributed by atoms with van der Waals surface area (Å²) in [5, 5.41) is 9.26. The van der Waals surface area contributed by atoms with Crippen molar-refractivity contribution in [1.29, 1.82) is 0 Å². The first-order valence-corrected chi connectivity index (χ1v) is 10.9. The molecule has 4 rings (SSSR count). The molecule has 0 spiro atoms. The number of carbonyl (C=O) groups excluding carboxylic acids is 1. The number of nitrogens with zero attached hydrogens (tertiary/aromatic N) is 2. The van der Waals surface area contributed by atoms with Gasteiger partial charge in [-0.05, 0) is 34.4 Å². The highest BCUT2D eigenvalue weighted by Crippen LogP contribution is 2.18. The number of aliphatic imine (C=N–C) groups is 1. The Hall–Kier alpha value is -3.34. The molecule has 1 atom stereocenters. The third kappa shape index (κ3) is 5.63. The number of benzene rings is 3. The Kier molecular flexibility index (Phi) is 6.82. The van der Waals surface area contributed by atoms with Gasteiger partial charge < -0.3 is 15.5 Å². The van der Waals surface area contributed by atoms with Gasteiger partial charge in [0.25, 0.3) is 0 Å².